The highest BCUT2D eigenvalue weighted by atomic mass is 32.2. The van der Waals surface area contributed by atoms with Gasteiger partial charge in [-0.05, 0) is 19.3 Å². The van der Waals surface area contributed by atoms with E-state index in [0.29, 0.717) is 45.6 Å². The molecule has 8 heteroatoms. The van der Waals surface area contributed by atoms with Gasteiger partial charge in [0.1, 0.15) is 0 Å². The average Bonchev–Trinajstić information content (AvgIpc) is 2.46. The van der Waals surface area contributed by atoms with Gasteiger partial charge >= 0.3 is 0 Å². The molecular weight excluding hydrogens is 282 g/mol. The largest absolute Gasteiger partial charge is 0.375 e. The van der Waals surface area contributed by atoms with Gasteiger partial charge in [-0.2, -0.15) is 12.7 Å². The number of carbonyl (C=O) groups excluding carboxylic acids is 1. The number of nitrogens with zero attached hydrogens (tertiary/aromatic N) is 2. The molecule has 0 spiro atoms. The Kier molecular flexibility index (Phi) is 5.00. The van der Waals surface area contributed by atoms with Crippen LogP contribution in [0.5, 0.6) is 0 Å². The van der Waals surface area contributed by atoms with Crippen LogP contribution in [0.2, 0.25) is 0 Å². The number of morpholine rings is 1. The maximum absolute atomic E-state index is 12.4. The zero-order valence-electron chi connectivity index (χ0n) is 11.8. The van der Waals surface area contributed by atoms with Gasteiger partial charge in [-0.25, -0.2) is 5.14 Å². The number of piperidine rings is 1. The van der Waals surface area contributed by atoms with Gasteiger partial charge in [0.05, 0.1) is 12.7 Å². The van der Waals surface area contributed by atoms with Gasteiger partial charge in [-0.1, -0.05) is 6.92 Å². The molecule has 0 saturated carbocycles. The van der Waals surface area contributed by atoms with Crippen LogP contribution < -0.4 is 5.14 Å². The number of carbonyl (C=O) groups is 1. The minimum Gasteiger partial charge on any atom is -0.375 e. The zero-order valence-corrected chi connectivity index (χ0v) is 12.6. The Balaban J connectivity index is 1.88. The van der Waals surface area contributed by atoms with Gasteiger partial charge < -0.3 is 9.64 Å². The van der Waals surface area contributed by atoms with Crippen molar-refractivity contribution < 1.29 is 17.9 Å². The molecule has 2 N–H and O–H groups in total. The molecular formula is C12H23N3O4S. The third-order valence-corrected chi connectivity index (χ3v) is 5.15. The van der Waals surface area contributed by atoms with E-state index < -0.39 is 10.2 Å². The summed E-state index contributed by atoms with van der Waals surface area (Å²) in [7, 11) is -3.62. The van der Waals surface area contributed by atoms with E-state index in [1.54, 1.807) is 0 Å². The lowest BCUT2D eigenvalue weighted by Gasteiger charge is -2.37. The standard InChI is InChI=1S/C12H23N3O4S/c1-2-11-9-14(7-8-19-11)12(16)10-3-5-15(6-4-10)20(13,17)18/h10-11H,2-9H2,1H3,(H2,13,17,18). The van der Waals surface area contributed by atoms with Crippen LogP contribution in [0.25, 0.3) is 0 Å². The van der Waals surface area contributed by atoms with Crippen molar-refractivity contribution in [1.29, 1.82) is 0 Å². The van der Waals surface area contributed by atoms with E-state index in [4.69, 9.17) is 9.88 Å². The molecule has 0 aromatic carbocycles. The second-order valence-electron chi connectivity index (χ2n) is 5.40. The molecule has 0 aromatic rings. The lowest BCUT2D eigenvalue weighted by molar-refractivity contribution is -0.144. The summed E-state index contributed by atoms with van der Waals surface area (Å²) in [5.74, 6) is 0.0319. The summed E-state index contributed by atoms with van der Waals surface area (Å²) in [5.41, 5.74) is 0. The first-order valence-corrected chi connectivity index (χ1v) is 8.60. The Hall–Kier alpha value is -0.700. The number of rotatable bonds is 3. The molecule has 1 amide bonds. The van der Waals surface area contributed by atoms with Crippen LogP contribution in [0.3, 0.4) is 0 Å². The van der Waals surface area contributed by atoms with Crippen LogP contribution in [0.1, 0.15) is 26.2 Å². The Morgan fingerprint density at radius 3 is 2.50 bits per heavy atom. The molecule has 2 aliphatic rings. The molecule has 0 bridgehead atoms. The number of hydrogen-bond donors (Lipinski definition) is 1. The monoisotopic (exact) mass is 305 g/mol. The normalized spacial score (nSPS) is 26.7. The third kappa shape index (κ3) is 3.69. The van der Waals surface area contributed by atoms with Crippen LogP contribution in [0, 0.1) is 5.92 Å². The van der Waals surface area contributed by atoms with Crippen molar-refractivity contribution in [2.24, 2.45) is 11.1 Å². The maximum Gasteiger partial charge on any atom is 0.276 e. The van der Waals surface area contributed by atoms with E-state index in [-0.39, 0.29) is 17.9 Å². The fourth-order valence-corrected chi connectivity index (χ4v) is 3.50. The first-order valence-electron chi connectivity index (χ1n) is 7.10. The van der Waals surface area contributed by atoms with Crippen molar-refractivity contribution in [2.45, 2.75) is 32.3 Å². The molecule has 20 heavy (non-hydrogen) atoms. The van der Waals surface area contributed by atoms with E-state index in [1.807, 2.05) is 11.8 Å². The number of amides is 1. The fraction of sp³-hybridized carbons (Fsp3) is 0.917. The Morgan fingerprint density at radius 1 is 1.30 bits per heavy atom. The number of ether oxygens (including phenoxy) is 1. The predicted molar refractivity (Wildman–Crippen MR) is 74.0 cm³/mol. The van der Waals surface area contributed by atoms with Crippen molar-refractivity contribution in [1.82, 2.24) is 9.21 Å². The van der Waals surface area contributed by atoms with Crippen LogP contribution in [-0.4, -0.2) is 62.4 Å². The average molecular weight is 305 g/mol. The first kappa shape index (κ1) is 15.7. The highest BCUT2D eigenvalue weighted by Crippen LogP contribution is 2.22. The maximum atomic E-state index is 12.4. The summed E-state index contributed by atoms with van der Waals surface area (Å²) in [6, 6.07) is 0. The highest BCUT2D eigenvalue weighted by Gasteiger charge is 2.33. The molecule has 2 aliphatic heterocycles. The van der Waals surface area contributed by atoms with Crippen molar-refractivity contribution in [3.05, 3.63) is 0 Å². The topological polar surface area (TPSA) is 92.9 Å². The van der Waals surface area contributed by atoms with Crippen molar-refractivity contribution in [3.63, 3.8) is 0 Å². The molecule has 2 heterocycles. The first-order chi connectivity index (χ1) is 9.41. The van der Waals surface area contributed by atoms with Crippen LogP contribution in [-0.2, 0) is 19.7 Å². The number of nitrogens with two attached hydrogens (primary N) is 1. The summed E-state index contributed by atoms with van der Waals surface area (Å²) >= 11 is 0. The van der Waals surface area contributed by atoms with E-state index in [1.165, 1.54) is 4.31 Å². The second kappa shape index (κ2) is 6.38. The van der Waals surface area contributed by atoms with E-state index in [2.05, 4.69) is 0 Å². The molecule has 116 valence electrons. The molecule has 2 fully saturated rings. The number of hydrogen-bond acceptors (Lipinski definition) is 4. The van der Waals surface area contributed by atoms with Crippen LogP contribution in [0.15, 0.2) is 0 Å². The summed E-state index contributed by atoms with van der Waals surface area (Å²) < 4.78 is 29.3. The smallest absolute Gasteiger partial charge is 0.276 e. The summed E-state index contributed by atoms with van der Waals surface area (Å²) in [6.07, 6.45) is 2.11. The van der Waals surface area contributed by atoms with Crippen LogP contribution >= 0.6 is 0 Å². The lowest BCUT2D eigenvalue weighted by atomic mass is 9.96. The third-order valence-electron chi connectivity index (χ3n) is 4.07. The van der Waals surface area contributed by atoms with E-state index >= 15 is 0 Å². The fourth-order valence-electron chi connectivity index (χ4n) is 2.78. The molecule has 7 nitrogen and oxygen atoms in total. The summed E-state index contributed by atoms with van der Waals surface area (Å²) in [4.78, 5) is 14.3. The molecule has 1 unspecified atom stereocenters. The van der Waals surface area contributed by atoms with Gasteiger partial charge in [0.25, 0.3) is 10.2 Å². The van der Waals surface area contributed by atoms with Crippen molar-refractivity contribution in [3.8, 4) is 0 Å². The van der Waals surface area contributed by atoms with Crippen molar-refractivity contribution >= 4 is 16.1 Å². The SMILES string of the molecule is CCC1CN(C(=O)C2CCN(S(N)(=O)=O)CC2)CCO1. The molecule has 1 atom stereocenters. The Labute approximate surface area is 120 Å². The minimum atomic E-state index is -3.62. The minimum absolute atomic E-state index is 0.0939. The molecule has 0 radical (unpaired) electrons. The summed E-state index contributed by atoms with van der Waals surface area (Å²) in [5, 5.41) is 5.10. The molecule has 2 saturated heterocycles. The van der Waals surface area contributed by atoms with Gasteiger partial charge in [0, 0.05) is 32.1 Å². The Morgan fingerprint density at radius 2 is 1.95 bits per heavy atom. The van der Waals surface area contributed by atoms with Gasteiger partial charge in [-0.3, -0.25) is 4.79 Å². The van der Waals surface area contributed by atoms with Gasteiger partial charge in [0.2, 0.25) is 5.91 Å². The lowest BCUT2D eigenvalue weighted by Crippen LogP contribution is -2.50. The Bertz CT molecular complexity index is 446. The second-order valence-corrected chi connectivity index (χ2v) is 6.95. The van der Waals surface area contributed by atoms with Gasteiger partial charge in [0.15, 0.2) is 0 Å². The van der Waals surface area contributed by atoms with Crippen LogP contribution in [0.4, 0.5) is 0 Å². The van der Waals surface area contributed by atoms with Crippen molar-refractivity contribution in [2.75, 3.05) is 32.8 Å². The quantitative estimate of drug-likeness (QED) is 0.763. The molecule has 0 aromatic heterocycles. The highest BCUT2D eigenvalue weighted by molar-refractivity contribution is 7.86. The van der Waals surface area contributed by atoms with Gasteiger partial charge in [-0.15, -0.1) is 0 Å². The molecule has 0 aliphatic carbocycles. The van der Waals surface area contributed by atoms with E-state index in [9.17, 15) is 13.2 Å². The molecule has 2 rings (SSSR count). The zero-order chi connectivity index (χ0) is 14.8. The summed E-state index contributed by atoms with van der Waals surface area (Å²) in [6.45, 7) is 4.56. The predicted octanol–water partition coefficient (Wildman–Crippen LogP) is -0.461. The van der Waals surface area contributed by atoms with E-state index in [0.717, 1.165) is 6.42 Å².